The number of hydrogen-bond acceptors (Lipinski definition) is 11. The van der Waals surface area contributed by atoms with Gasteiger partial charge >= 0.3 is 5.97 Å². The van der Waals surface area contributed by atoms with Crippen LogP contribution < -0.4 is 5.73 Å². The summed E-state index contributed by atoms with van der Waals surface area (Å²) in [6, 6.07) is -0.974. The quantitative estimate of drug-likeness (QED) is 0.248. The van der Waals surface area contributed by atoms with Crippen LogP contribution >= 0.6 is 0 Å². The molecule has 0 aromatic rings. The van der Waals surface area contributed by atoms with Crippen LogP contribution in [0.25, 0.3) is 0 Å². The molecule has 0 aromatic carbocycles. The molecule has 2 fully saturated rings. The summed E-state index contributed by atoms with van der Waals surface area (Å²) < 4.78 is 23.3. The van der Waals surface area contributed by atoms with E-state index >= 15 is 0 Å². The molecule has 3 aliphatic heterocycles. The van der Waals surface area contributed by atoms with Crippen LogP contribution in [-0.2, 0) is 23.7 Å². The maximum absolute atomic E-state index is 12.0. The molecule has 12 atom stereocenters. The number of esters is 1. The molecule has 2 bridgehead atoms. The number of fused-ring (bicyclic) bond motifs is 2. The van der Waals surface area contributed by atoms with Gasteiger partial charge in [-0.15, -0.1) is 0 Å². The molecule has 0 spiro atoms. The highest BCUT2D eigenvalue weighted by Crippen LogP contribution is 2.37. The largest absolute Gasteiger partial charge is 0.459 e. The molecule has 3 aliphatic rings. The number of aliphatic hydroxyl groups excluding tert-OH is 4. The van der Waals surface area contributed by atoms with E-state index in [9.17, 15) is 30.3 Å². The Hall–Kier alpha value is -2.45. The van der Waals surface area contributed by atoms with Gasteiger partial charge in [-0.25, -0.2) is 4.79 Å². The number of hydrogen-bond donors (Lipinski definition) is 6. The van der Waals surface area contributed by atoms with Crippen LogP contribution in [0.5, 0.6) is 0 Å². The van der Waals surface area contributed by atoms with Gasteiger partial charge in [0.05, 0.1) is 42.7 Å². The minimum Gasteiger partial charge on any atom is -0.459 e. The van der Waals surface area contributed by atoms with Crippen LogP contribution in [0.15, 0.2) is 72.9 Å². The van der Waals surface area contributed by atoms with Gasteiger partial charge in [0.2, 0.25) is 0 Å². The molecule has 0 aliphatic carbocycles. The second-order valence-electron chi connectivity index (χ2n) is 11.9. The van der Waals surface area contributed by atoms with Crippen LogP contribution in [0.4, 0.5) is 0 Å². The predicted molar refractivity (Wildman–Crippen MR) is 164 cm³/mol. The molecule has 11 nitrogen and oxygen atoms in total. The number of aliphatic hydroxyl groups is 5. The maximum atomic E-state index is 12.0. The van der Waals surface area contributed by atoms with Crippen LogP contribution in [0, 0.1) is 5.92 Å². The number of rotatable bonds is 2. The van der Waals surface area contributed by atoms with Gasteiger partial charge in [0.1, 0.15) is 12.2 Å². The summed E-state index contributed by atoms with van der Waals surface area (Å²) in [5, 5.41) is 53.7. The fourth-order valence-electron chi connectivity index (χ4n) is 5.33. The molecule has 2 saturated heterocycles. The van der Waals surface area contributed by atoms with Gasteiger partial charge in [-0.1, -0.05) is 73.8 Å². The number of allylic oxidation sites excluding steroid dienone is 8. The molecule has 0 aromatic heterocycles. The Balaban J connectivity index is 1.84. The van der Waals surface area contributed by atoms with Gasteiger partial charge in [0, 0.05) is 37.7 Å². The highest BCUT2D eigenvalue weighted by molar-refractivity contribution is 5.82. The molecule has 246 valence electrons. The van der Waals surface area contributed by atoms with Crippen molar-refractivity contribution in [2.45, 2.75) is 120 Å². The van der Waals surface area contributed by atoms with Gasteiger partial charge in [0.15, 0.2) is 12.1 Å². The summed E-state index contributed by atoms with van der Waals surface area (Å²) in [6.07, 6.45) is 13.5. The summed E-state index contributed by atoms with van der Waals surface area (Å²) in [4.78, 5) is 12.0. The third-order valence-corrected chi connectivity index (χ3v) is 8.01. The number of carbonyl (C=O) groups excluding carboxylic acids is 1. The van der Waals surface area contributed by atoms with E-state index in [4.69, 9.17) is 24.7 Å². The first-order valence-electron chi connectivity index (χ1n) is 15.3. The average Bonchev–Trinajstić information content (AvgIpc) is 2.95. The third-order valence-electron chi connectivity index (χ3n) is 8.01. The first kappa shape index (κ1) is 36.0. The smallest absolute Gasteiger partial charge is 0.331 e. The van der Waals surface area contributed by atoms with Crippen molar-refractivity contribution in [1.82, 2.24) is 0 Å². The Morgan fingerprint density at radius 1 is 0.886 bits per heavy atom. The first-order valence-corrected chi connectivity index (χ1v) is 15.3. The number of ether oxygens (including phenoxy) is 4. The van der Waals surface area contributed by atoms with E-state index in [0.717, 1.165) is 0 Å². The summed E-state index contributed by atoms with van der Waals surface area (Å²) in [5.74, 6) is -2.66. The zero-order valence-corrected chi connectivity index (χ0v) is 25.7. The fourth-order valence-corrected chi connectivity index (χ4v) is 5.33. The Kier molecular flexibility index (Phi) is 14.2. The van der Waals surface area contributed by atoms with Crippen molar-refractivity contribution in [2.24, 2.45) is 11.7 Å². The molecule has 3 rings (SSSR count). The van der Waals surface area contributed by atoms with Crippen molar-refractivity contribution in [3.05, 3.63) is 72.9 Å². The first-order chi connectivity index (χ1) is 20.9. The molecule has 0 saturated carbocycles. The topological polar surface area (TPSA) is 181 Å². The molecule has 7 N–H and O–H groups in total. The Morgan fingerprint density at radius 2 is 1.55 bits per heavy atom. The second-order valence-corrected chi connectivity index (χ2v) is 11.9. The highest BCUT2D eigenvalue weighted by atomic mass is 16.7. The van der Waals surface area contributed by atoms with Gasteiger partial charge in [-0.3, -0.25) is 0 Å². The minimum absolute atomic E-state index is 0.0883. The predicted octanol–water partition coefficient (Wildman–Crippen LogP) is 1.84. The van der Waals surface area contributed by atoms with Crippen molar-refractivity contribution in [3.63, 3.8) is 0 Å². The standard InChI is InChI=1S/C33H49NO10/c1-21-14-10-7-5-4-6-8-12-16-25(43-32-31(39)29(34)30(38)23(3)42-32)18-27-22(2)26(36)20-33(40,44-27)19-24(35)15-11-9-13-17-28(37)41-21/h4-13,16-17,21-27,29-32,35-36,38-40H,14-15,18-20,34H2,1-3H3/b5-4+,8-6+,10-7+,11-9+,16-12+,17-13+/t21-,22-,23+,24+,25+,26+,27+,29-,30+,31-,32-,33-/m0/s1. The third kappa shape index (κ3) is 11.2. The van der Waals surface area contributed by atoms with E-state index in [1.165, 1.54) is 12.2 Å². The van der Waals surface area contributed by atoms with E-state index in [1.807, 2.05) is 30.4 Å². The molecule has 0 radical (unpaired) electrons. The Bertz CT molecular complexity index is 1090. The summed E-state index contributed by atoms with van der Waals surface area (Å²) >= 11 is 0. The van der Waals surface area contributed by atoms with Crippen LogP contribution in [0.3, 0.4) is 0 Å². The van der Waals surface area contributed by atoms with Crippen molar-refractivity contribution in [1.29, 1.82) is 0 Å². The zero-order valence-electron chi connectivity index (χ0n) is 25.7. The van der Waals surface area contributed by atoms with E-state index in [1.54, 1.807) is 51.2 Å². The highest BCUT2D eigenvalue weighted by Gasteiger charge is 2.46. The van der Waals surface area contributed by atoms with Gasteiger partial charge < -0.3 is 50.2 Å². The molecule has 11 heteroatoms. The maximum Gasteiger partial charge on any atom is 0.331 e. The van der Waals surface area contributed by atoms with Gasteiger partial charge in [0.25, 0.3) is 0 Å². The SMILES string of the molecule is C[C@H]1[C@H](O)C[C@]2(O)C[C@H](O)C/C=C/C=C/C(=O)O[C@@H](C)C/C=C/C=C/C=C/C=C/[C@@H](O[C@@H]3O[C@H](C)[C@@H](O)[C@H](N)[C@@H]3O)C[C@H]1O2. The van der Waals surface area contributed by atoms with Gasteiger partial charge in [-0.05, 0) is 20.3 Å². The number of nitrogens with two attached hydrogens (primary N) is 1. The average molecular weight is 620 g/mol. The zero-order chi connectivity index (χ0) is 32.3. The van der Waals surface area contributed by atoms with E-state index in [2.05, 4.69) is 0 Å². The molecule has 3 heterocycles. The lowest BCUT2D eigenvalue weighted by Gasteiger charge is -2.45. The number of carbonyl (C=O) groups is 1. The fraction of sp³-hybridized carbons (Fsp3) is 0.606. The minimum atomic E-state index is -1.80. The second kappa shape index (κ2) is 17.3. The Morgan fingerprint density at radius 3 is 2.30 bits per heavy atom. The molecule has 0 amide bonds. The van der Waals surface area contributed by atoms with Crippen LogP contribution in [-0.4, -0.2) is 98.5 Å². The van der Waals surface area contributed by atoms with Crippen molar-refractivity contribution in [3.8, 4) is 0 Å². The monoisotopic (exact) mass is 619 g/mol. The van der Waals surface area contributed by atoms with E-state index in [0.29, 0.717) is 6.42 Å². The molecule has 0 unspecified atom stereocenters. The summed E-state index contributed by atoms with van der Waals surface area (Å²) in [7, 11) is 0. The Labute approximate surface area is 259 Å². The molecular formula is C33H49NO10. The lowest BCUT2D eigenvalue weighted by atomic mass is 9.84. The summed E-state index contributed by atoms with van der Waals surface area (Å²) in [5.41, 5.74) is 6.00. The molecular weight excluding hydrogens is 570 g/mol. The molecule has 44 heavy (non-hydrogen) atoms. The number of cyclic esters (lactones) is 1. The van der Waals surface area contributed by atoms with E-state index < -0.39 is 66.8 Å². The van der Waals surface area contributed by atoms with Gasteiger partial charge in [-0.2, -0.15) is 0 Å². The van der Waals surface area contributed by atoms with E-state index in [-0.39, 0.29) is 37.7 Å². The van der Waals surface area contributed by atoms with Crippen LogP contribution in [0.2, 0.25) is 0 Å². The summed E-state index contributed by atoms with van der Waals surface area (Å²) in [6.45, 7) is 5.24. The van der Waals surface area contributed by atoms with Crippen molar-refractivity contribution >= 4 is 5.97 Å². The van der Waals surface area contributed by atoms with Crippen molar-refractivity contribution < 1.29 is 49.3 Å². The van der Waals surface area contributed by atoms with Crippen molar-refractivity contribution in [2.75, 3.05) is 0 Å². The lowest BCUT2D eigenvalue weighted by Crippen LogP contribution is -2.61. The lowest BCUT2D eigenvalue weighted by molar-refractivity contribution is -0.308. The normalized spacial score (nSPS) is 46.0. The van der Waals surface area contributed by atoms with Crippen LogP contribution in [0.1, 0.15) is 52.9 Å².